The van der Waals surface area contributed by atoms with E-state index in [-0.39, 0.29) is 11.3 Å². The van der Waals surface area contributed by atoms with Crippen LogP contribution in [-0.4, -0.2) is 22.6 Å². The van der Waals surface area contributed by atoms with Crippen LogP contribution in [0.3, 0.4) is 0 Å². The van der Waals surface area contributed by atoms with E-state index in [1.165, 1.54) is 19.1 Å². The molecule has 0 aliphatic heterocycles. The molecule has 0 radical (unpaired) electrons. The summed E-state index contributed by atoms with van der Waals surface area (Å²) >= 11 is 5.28. The fourth-order valence-electron chi connectivity index (χ4n) is 1.94. The highest BCUT2D eigenvalue weighted by Gasteiger charge is 2.29. The number of halogens is 1. The molecule has 0 aromatic heterocycles. The predicted octanol–water partition coefficient (Wildman–Crippen LogP) is 3.55. The average molecular weight is 295 g/mol. The SMILES string of the molecule is CCC(=S)N(c1ccc(C(C)=O)c(F)c1)C(C)(C)C=O. The van der Waals surface area contributed by atoms with Gasteiger partial charge in [0.2, 0.25) is 0 Å². The lowest BCUT2D eigenvalue weighted by molar-refractivity contribution is -0.111. The fourth-order valence-corrected chi connectivity index (χ4v) is 2.28. The van der Waals surface area contributed by atoms with Gasteiger partial charge in [0, 0.05) is 5.69 Å². The number of benzene rings is 1. The van der Waals surface area contributed by atoms with Gasteiger partial charge in [-0.1, -0.05) is 19.1 Å². The lowest BCUT2D eigenvalue weighted by atomic mass is 10.0. The normalized spacial score (nSPS) is 11.1. The van der Waals surface area contributed by atoms with E-state index in [0.29, 0.717) is 17.1 Å². The summed E-state index contributed by atoms with van der Waals surface area (Å²) in [6.45, 7) is 6.59. The second-order valence-corrected chi connectivity index (χ2v) is 5.55. The maximum atomic E-state index is 13.9. The molecule has 0 atom stereocenters. The monoisotopic (exact) mass is 295 g/mol. The van der Waals surface area contributed by atoms with Crippen LogP contribution in [0.5, 0.6) is 0 Å². The first-order valence-corrected chi connectivity index (χ1v) is 6.75. The van der Waals surface area contributed by atoms with Crippen LogP contribution in [0.2, 0.25) is 0 Å². The number of rotatable bonds is 5. The maximum absolute atomic E-state index is 13.9. The Kier molecular flexibility index (Phi) is 5.11. The summed E-state index contributed by atoms with van der Waals surface area (Å²) in [5.74, 6) is -0.950. The van der Waals surface area contributed by atoms with Crippen LogP contribution in [0.25, 0.3) is 0 Å². The molecule has 0 aliphatic rings. The Balaban J connectivity index is 3.36. The highest BCUT2D eigenvalue weighted by Crippen LogP contribution is 2.26. The van der Waals surface area contributed by atoms with Gasteiger partial charge >= 0.3 is 0 Å². The Hall–Kier alpha value is -1.62. The molecule has 1 aromatic rings. The number of Topliss-reactive ketones (excluding diaryl/α,β-unsaturated/α-hetero) is 1. The molecule has 0 fully saturated rings. The molecule has 5 heteroatoms. The van der Waals surface area contributed by atoms with Gasteiger partial charge in [-0.05, 0) is 45.4 Å². The van der Waals surface area contributed by atoms with E-state index >= 15 is 0 Å². The molecule has 0 spiro atoms. The van der Waals surface area contributed by atoms with Gasteiger partial charge < -0.3 is 9.69 Å². The summed E-state index contributed by atoms with van der Waals surface area (Å²) in [5, 5.41) is 0. The highest BCUT2D eigenvalue weighted by molar-refractivity contribution is 7.80. The number of hydrogen-bond acceptors (Lipinski definition) is 3. The number of carbonyl (C=O) groups is 2. The van der Waals surface area contributed by atoms with Crippen molar-refractivity contribution in [2.45, 2.75) is 39.7 Å². The molecule has 1 rings (SSSR count). The first-order valence-electron chi connectivity index (χ1n) is 6.34. The molecule has 20 heavy (non-hydrogen) atoms. The average Bonchev–Trinajstić information content (AvgIpc) is 2.38. The minimum Gasteiger partial charge on any atom is -0.323 e. The number of carbonyl (C=O) groups excluding carboxylic acids is 2. The van der Waals surface area contributed by atoms with Crippen LogP contribution in [0, 0.1) is 5.82 Å². The molecule has 0 amide bonds. The Morgan fingerprint density at radius 3 is 2.45 bits per heavy atom. The molecular weight excluding hydrogens is 277 g/mol. The summed E-state index contributed by atoms with van der Waals surface area (Å²) < 4.78 is 13.9. The number of aldehydes is 1. The van der Waals surface area contributed by atoms with E-state index in [4.69, 9.17) is 12.2 Å². The van der Waals surface area contributed by atoms with E-state index < -0.39 is 11.4 Å². The predicted molar refractivity (Wildman–Crippen MR) is 81.9 cm³/mol. The van der Waals surface area contributed by atoms with Crippen molar-refractivity contribution in [2.75, 3.05) is 4.90 Å². The Morgan fingerprint density at radius 1 is 1.45 bits per heavy atom. The van der Waals surface area contributed by atoms with Gasteiger partial charge in [0.05, 0.1) is 16.1 Å². The number of ketones is 1. The second-order valence-electron chi connectivity index (χ2n) is 5.07. The molecular formula is C15H18FNO2S. The van der Waals surface area contributed by atoms with Gasteiger partial charge in [-0.3, -0.25) is 4.79 Å². The van der Waals surface area contributed by atoms with Crippen LogP contribution in [0.1, 0.15) is 44.5 Å². The first kappa shape index (κ1) is 16.4. The first-order chi connectivity index (χ1) is 9.24. The highest BCUT2D eigenvalue weighted by atomic mass is 32.1. The zero-order valence-electron chi connectivity index (χ0n) is 12.1. The van der Waals surface area contributed by atoms with Crippen LogP contribution in [0.15, 0.2) is 18.2 Å². The van der Waals surface area contributed by atoms with Gasteiger partial charge in [0.15, 0.2) is 5.78 Å². The van der Waals surface area contributed by atoms with Crippen molar-refractivity contribution in [2.24, 2.45) is 0 Å². The van der Waals surface area contributed by atoms with E-state index in [1.54, 1.807) is 24.8 Å². The lowest BCUT2D eigenvalue weighted by Gasteiger charge is -2.36. The lowest BCUT2D eigenvalue weighted by Crippen LogP contribution is -2.48. The third-order valence-corrected chi connectivity index (χ3v) is 3.48. The Labute approximate surface area is 123 Å². The molecule has 108 valence electrons. The van der Waals surface area contributed by atoms with Crippen molar-refractivity contribution in [3.05, 3.63) is 29.6 Å². The standard InChI is InChI=1S/C15H18FNO2S/c1-5-14(20)17(15(3,4)9-18)11-6-7-12(10(2)19)13(16)8-11/h6-9H,5H2,1-4H3. The minimum atomic E-state index is -0.878. The fraction of sp³-hybridized carbons (Fsp3) is 0.400. The van der Waals surface area contributed by atoms with E-state index in [1.807, 2.05) is 6.92 Å². The van der Waals surface area contributed by atoms with Gasteiger partial charge in [0.1, 0.15) is 12.1 Å². The van der Waals surface area contributed by atoms with Crippen LogP contribution < -0.4 is 4.90 Å². The zero-order valence-corrected chi connectivity index (χ0v) is 12.9. The molecule has 0 unspecified atom stereocenters. The smallest absolute Gasteiger partial charge is 0.162 e. The summed E-state index contributed by atoms with van der Waals surface area (Å²) in [6, 6.07) is 4.26. The van der Waals surface area contributed by atoms with E-state index in [9.17, 15) is 14.0 Å². The summed E-state index contributed by atoms with van der Waals surface area (Å²) in [6.07, 6.45) is 1.33. The van der Waals surface area contributed by atoms with Crippen molar-refractivity contribution in [1.29, 1.82) is 0 Å². The van der Waals surface area contributed by atoms with Crippen molar-refractivity contribution in [3.63, 3.8) is 0 Å². The number of anilines is 1. The quantitative estimate of drug-likeness (QED) is 0.473. The van der Waals surface area contributed by atoms with Gasteiger partial charge in [-0.15, -0.1) is 0 Å². The summed E-state index contributed by atoms with van der Waals surface area (Å²) in [7, 11) is 0. The van der Waals surface area contributed by atoms with Gasteiger partial charge in [-0.25, -0.2) is 4.39 Å². The van der Waals surface area contributed by atoms with Gasteiger partial charge in [0.25, 0.3) is 0 Å². The second kappa shape index (κ2) is 6.22. The van der Waals surface area contributed by atoms with E-state index in [2.05, 4.69) is 0 Å². The number of thiocarbonyl (C=S) groups is 1. The molecule has 0 aliphatic carbocycles. The largest absolute Gasteiger partial charge is 0.323 e. The maximum Gasteiger partial charge on any atom is 0.162 e. The number of nitrogens with zero attached hydrogens (tertiary/aromatic N) is 1. The molecule has 1 aromatic carbocycles. The van der Waals surface area contributed by atoms with Crippen molar-refractivity contribution in [3.8, 4) is 0 Å². The van der Waals surface area contributed by atoms with E-state index in [0.717, 1.165) is 6.29 Å². The third kappa shape index (κ3) is 3.28. The van der Waals surface area contributed by atoms with Crippen LogP contribution in [-0.2, 0) is 4.79 Å². The van der Waals surface area contributed by atoms with Crippen LogP contribution >= 0.6 is 12.2 Å². The molecule has 0 N–H and O–H groups in total. The van der Waals surface area contributed by atoms with Crippen molar-refractivity contribution in [1.82, 2.24) is 0 Å². The van der Waals surface area contributed by atoms with Crippen molar-refractivity contribution >= 4 is 35.0 Å². The topological polar surface area (TPSA) is 37.4 Å². The minimum absolute atomic E-state index is 0.0278. The van der Waals surface area contributed by atoms with Crippen LogP contribution in [0.4, 0.5) is 10.1 Å². The third-order valence-electron chi connectivity index (χ3n) is 3.01. The number of hydrogen-bond donors (Lipinski definition) is 0. The zero-order chi connectivity index (χ0) is 15.5. The Morgan fingerprint density at radius 2 is 2.05 bits per heavy atom. The summed E-state index contributed by atoms with van der Waals surface area (Å²) in [4.78, 5) is 24.7. The Bertz CT molecular complexity index is 555. The van der Waals surface area contributed by atoms with Gasteiger partial charge in [-0.2, -0.15) is 0 Å². The molecule has 3 nitrogen and oxygen atoms in total. The summed E-state index contributed by atoms with van der Waals surface area (Å²) in [5.41, 5.74) is -0.381. The molecule has 0 bridgehead atoms. The molecule has 0 heterocycles. The van der Waals surface area contributed by atoms with Crippen molar-refractivity contribution < 1.29 is 14.0 Å². The molecule has 0 saturated carbocycles. The molecule has 0 saturated heterocycles.